The molecule has 2 aromatic heterocycles. The number of likely N-dealkylation sites (tertiary alicyclic amines) is 1. The fourth-order valence-electron chi connectivity index (χ4n) is 4.15. The smallest absolute Gasteiger partial charge is 0.266 e. The van der Waals surface area contributed by atoms with Gasteiger partial charge in [0.15, 0.2) is 5.13 Å². The first-order chi connectivity index (χ1) is 14.5. The second kappa shape index (κ2) is 8.73. The van der Waals surface area contributed by atoms with Gasteiger partial charge in [-0.25, -0.2) is 4.98 Å². The number of amides is 2. The van der Waals surface area contributed by atoms with Gasteiger partial charge in [0.05, 0.1) is 10.6 Å². The summed E-state index contributed by atoms with van der Waals surface area (Å²) in [5, 5.41) is 7.68. The average molecular weight is 443 g/mol. The van der Waals surface area contributed by atoms with Crippen molar-refractivity contribution in [2.75, 3.05) is 26.0 Å². The van der Waals surface area contributed by atoms with Crippen LogP contribution in [0.25, 0.3) is 10.1 Å². The molecule has 2 amide bonds. The number of hydrogen-bond acceptors (Lipinski definition) is 6. The Morgan fingerprint density at radius 3 is 2.70 bits per heavy atom. The number of carbonyl (C=O) groups excluding carboxylic acids is 2. The van der Waals surface area contributed by atoms with Gasteiger partial charge in [0.25, 0.3) is 11.8 Å². The molecule has 0 spiro atoms. The third-order valence-corrected chi connectivity index (χ3v) is 8.04. The van der Waals surface area contributed by atoms with E-state index in [2.05, 4.69) is 27.8 Å². The van der Waals surface area contributed by atoms with Crippen molar-refractivity contribution in [1.29, 1.82) is 0 Å². The lowest BCUT2D eigenvalue weighted by Crippen LogP contribution is -2.45. The highest BCUT2D eigenvalue weighted by Crippen LogP contribution is 2.35. The number of thiophene rings is 1. The molecule has 0 bridgehead atoms. The van der Waals surface area contributed by atoms with E-state index in [4.69, 9.17) is 0 Å². The molecular formula is C22H26N4O2S2. The summed E-state index contributed by atoms with van der Waals surface area (Å²) in [6.45, 7) is 2.63. The number of piperidine rings is 1. The van der Waals surface area contributed by atoms with Crippen LogP contribution in [0.1, 0.15) is 49.9 Å². The Hall–Kier alpha value is -2.45. The molecule has 0 aliphatic carbocycles. The summed E-state index contributed by atoms with van der Waals surface area (Å²) in [4.78, 5) is 33.9. The highest BCUT2D eigenvalue weighted by molar-refractivity contribution is 7.21. The Labute approximate surface area is 184 Å². The zero-order chi connectivity index (χ0) is 21.3. The van der Waals surface area contributed by atoms with Crippen molar-refractivity contribution in [3.05, 3.63) is 45.3 Å². The van der Waals surface area contributed by atoms with E-state index in [0.717, 1.165) is 57.2 Å². The van der Waals surface area contributed by atoms with Gasteiger partial charge in [-0.3, -0.25) is 9.59 Å². The van der Waals surface area contributed by atoms with Gasteiger partial charge in [-0.15, -0.1) is 11.3 Å². The highest BCUT2D eigenvalue weighted by atomic mass is 32.1. The number of nitrogens with zero attached hydrogens (tertiary/aromatic N) is 2. The zero-order valence-electron chi connectivity index (χ0n) is 17.4. The Kier molecular flexibility index (Phi) is 6.06. The number of rotatable bonds is 5. The van der Waals surface area contributed by atoms with Gasteiger partial charge < -0.3 is 15.5 Å². The fourth-order valence-corrected chi connectivity index (χ4v) is 6.20. The molecule has 1 aliphatic rings. The standard InChI is InChI=1S/C22H26N4O2S2/c1-13-18(30-22(24-3)25-13)21(28)26-11-7-6-8-14(26)12-16-15-9-4-5-10-17(15)29-19(16)20(27)23-2/h4-5,9-10,14H,6-8,11-12H2,1-3H3,(H,23,27)(H,24,25)/t14-/m1/s1. The van der Waals surface area contributed by atoms with E-state index in [1.165, 1.54) is 22.7 Å². The predicted molar refractivity (Wildman–Crippen MR) is 124 cm³/mol. The van der Waals surface area contributed by atoms with E-state index in [9.17, 15) is 9.59 Å². The molecule has 0 radical (unpaired) electrons. The molecule has 30 heavy (non-hydrogen) atoms. The molecule has 1 aromatic carbocycles. The first-order valence-corrected chi connectivity index (χ1v) is 11.9. The van der Waals surface area contributed by atoms with Crippen LogP contribution < -0.4 is 10.6 Å². The van der Waals surface area contributed by atoms with E-state index in [-0.39, 0.29) is 17.9 Å². The second-order valence-corrected chi connectivity index (χ2v) is 9.57. The molecule has 1 aliphatic heterocycles. The van der Waals surface area contributed by atoms with Gasteiger partial charge in [-0.1, -0.05) is 29.5 Å². The molecule has 4 rings (SSSR count). The van der Waals surface area contributed by atoms with E-state index in [1.54, 1.807) is 7.05 Å². The van der Waals surface area contributed by atoms with Gasteiger partial charge in [0.2, 0.25) is 0 Å². The summed E-state index contributed by atoms with van der Waals surface area (Å²) in [6.07, 6.45) is 3.73. The maximum atomic E-state index is 13.4. The third kappa shape index (κ3) is 3.81. The largest absolute Gasteiger partial charge is 0.365 e. The van der Waals surface area contributed by atoms with Gasteiger partial charge in [-0.2, -0.15) is 0 Å². The lowest BCUT2D eigenvalue weighted by atomic mass is 9.93. The highest BCUT2D eigenvalue weighted by Gasteiger charge is 2.32. The van der Waals surface area contributed by atoms with Crippen molar-refractivity contribution >= 4 is 49.7 Å². The SMILES string of the molecule is CNC(=O)c1sc2ccccc2c1C[C@H]1CCCCN1C(=O)c1sc(NC)nc1C. The number of nitrogens with one attached hydrogen (secondary N) is 2. The Morgan fingerprint density at radius 2 is 1.97 bits per heavy atom. The molecule has 158 valence electrons. The minimum Gasteiger partial charge on any atom is -0.365 e. The maximum absolute atomic E-state index is 13.4. The molecule has 0 saturated carbocycles. The summed E-state index contributed by atoms with van der Waals surface area (Å²) in [5.41, 5.74) is 1.82. The van der Waals surface area contributed by atoms with Crippen LogP contribution in [0.3, 0.4) is 0 Å². The van der Waals surface area contributed by atoms with Crippen molar-refractivity contribution < 1.29 is 9.59 Å². The summed E-state index contributed by atoms with van der Waals surface area (Å²) in [6, 6.07) is 8.22. The lowest BCUT2D eigenvalue weighted by Gasteiger charge is -2.36. The van der Waals surface area contributed by atoms with Crippen LogP contribution >= 0.6 is 22.7 Å². The monoisotopic (exact) mass is 442 g/mol. The van der Waals surface area contributed by atoms with Crippen molar-refractivity contribution in [3.63, 3.8) is 0 Å². The van der Waals surface area contributed by atoms with Crippen LogP contribution in [0.4, 0.5) is 5.13 Å². The van der Waals surface area contributed by atoms with Crippen molar-refractivity contribution in [1.82, 2.24) is 15.2 Å². The van der Waals surface area contributed by atoms with Crippen LogP contribution in [-0.4, -0.2) is 48.4 Å². The summed E-state index contributed by atoms with van der Waals surface area (Å²) >= 11 is 2.94. The molecule has 8 heteroatoms. The van der Waals surface area contributed by atoms with Gasteiger partial charge >= 0.3 is 0 Å². The number of benzene rings is 1. The van der Waals surface area contributed by atoms with Crippen LogP contribution in [0.15, 0.2) is 24.3 Å². The number of fused-ring (bicyclic) bond motifs is 1. The minimum absolute atomic E-state index is 0.0530. The first-order valence-electron chi connectivity index (χ1n) is 10.2. The van der Waals surface area contributed by atoms with Gasteiger partial charge in [0.1, 0.15) is 4.88 Å². The maximum Gasteiger partial charge on any atom is 0.266 e. The van der Waals surface area contributed by atoms with Crippen molar-refractivity contribution in [2.24, 2.45) is 0 Å². The molecule has 1 saturated heterocycles. The number of thiazole rings is 1. The minimum atomic E-state index is -0.0585. The first kappa shape index (κ1) is 20.8. The molecular weight excluding hydrogens is 416 g/mol. The van der Waals surface area contributed by atoms with E-state index < -0.39 is 0 Å². The van der Waals surface area contributed by atoms with Gasteiger partial charge in [0, 0.05) is 31.4 Å². The molecule has 1 fully saturated rings. The molecule has 3 heterocycles. The quantitative estimate of drug-likeness (QED) is 0.618. The number of carbonyl (C=O) groups is 2. The molecule has 6 nitrogen and oxygen atoms in total. The molecule has 2 N–H and O–H groups in total. The second-order valence-electron chi connectivity index (χ2n) is 7.52. The van der Waals surface area contributed by atoms with Crippen LogP contribution in [-0.2, 0) is 6.42 Å². The van der Waals surface area contributed by atoms with Crippen molar-refractivity contribution in [3.8, 4) is 0 Å². The number of anilines is 1. The van der Waals surface area contributed by atoms with E-state index in [0.29, 0.717) is 11.3 Å². The number of aromatic nitrogens is 1. The van der Waals surface area contributed by atoms with Crippen LogP contribution in [0, 0.1) is 6.92 Å². The van der Waals surface area contributed by atoms with E-state index >= 15 is 0 Å². The zero-order valence-corrected chi connectivity index (χ0v) is 19.1. The Bertz CT molecular complexity index is 1090. The van der Waals surface area contributed by atoms with Crippen LogP contribution in [0.5, 0.6) is 0 Å². The topological polar surface area (TPSA) is 74.3 Å². The molecule has 0 unspecified atom stereocenters. The summed E-state index contributed by atoms with van der Waals surface area (Å²) in [5.74, 6) is -0.00548. The van der Waals surface area contributed by atoms with Crippen LogP contribution in [0.2, 0.25) is 0 Å². The number of hydrogen-bond donors (Lipinski definition) is 2. The summed E-state index contributed by atoms with van der Waals surface area (Å²) in [7, 11) is 3.48. The average Bonchev–Trinajstić information content (AvgIpc) is 3.33. The molecule has 1 atom stereocenters. The number of aryl methyl sites for hydroxylation is 1. The fraction of sp³-hybridized carbons (Fsp3) is 0.409. The molecule has 3 aromatic rings. The van der Waals surface area contributed by atoms with E-state index in [1.807, 2.05) is 31.0 Å². The normalized spacial score (nSPS) is 16.6. The van der Waals surface area contributed by atoms with Gasteiger partial charge in [-0.05, 0) is 49.6 Å². The summed E-state index contributed by atoms with van der Waals surface area (Å²) < 4.78 is 1.11. The third-order valence-electron chi connectivity index (χ3n) is 5.66. The predicted octanol–water partition coefficient (Wildman–Crippen LogP) is 4.30. The Morgan fingerprint density at radius 1 is 1.17 bits per heavy atom. The van der Waals surface area contributed by atoms with Crippen molar-refractivity contribution in [2.45, 2.75) is 38.6 Å². The Balaban J connectivity index is 1.68. The lowest BCUT2D eigenvalue weighted by molar-refractivity contribution is 0.0618.